The van der Waals surface area contributed by atoms with Crippen LogP contribution in [0, 0.1) is 0 Å². The van der Waals surface area contributed by atoms with Crippen molar-refractivity contribution in [2.45, 2.75) is 12.2 Å². The standard InChI is InChI=1S/C14H21N3O2S/c1-15-20(18,19)10-11-4-5-14-13(8-11)12(9-16-14)6-7-17(2)3/h4-5,8-9,15-16H,6-7,10H2,1-3H3/i1D3,2D3,3D3/hD2. The number of aromatic nitrogens is 1. The molecule has 0 fully saturated rings. The first-order valence-electron chi connectivity index (χ1n) is 11.2. The van der Waals surface area contributed by atoms with E-state index < -0.39 is 41.4 Å². The van der Waals surface area contributed by atoms with E-state index in [1.165, 1.54) is 24.4 Å². The van der Waals surface area contributed by atoms with Crippen molar-refractivity contribution in [3.05, 3.63) is 35.5 Å². The van der Waals surface area contributed by atoms with Crippen molar-refractivity contribution in [3.8, 4) is 0 Å². The van der Waals surface area contributed by atoms with Gasteiger partial charge in [0.1, 0.15) is 1.41 Å². The lowest BCUT2D eigenvalue weighted by atomic mass is 10.1. The molecule has 0 radical (unpaired) electrons. The Morgan fingerprint density at radius 3 is 3.10 bits per heavy atom. The highest BCUT2D eigenvalue weighted by Gasteiger charge is 2.11. The second-order valence-corrected chi connectivity index (χ2v) is 5.99. The van der Waals surface area contributed by atoms with Crippen molar-refractivity contribution in [1.82, 2.24) is 14.6 Å². The number of hydrogen-bond acceptors (Lipinski definition) is 3. The van der Waals surface area contributed by atoms with Gasteiger partial charge in [-0.1, -0.05) is 6.07 Å². The smallest absolute Gasteiger partial charge is 0.215 e. The molecule has 0 unspecified atom stereocenters. The highest BCUT2D eigenvalue weighted by molar-refractivity contribution is 7.88. The Morgan fingerprint density at radius 2 is 2.35 bits per heavy atom. The van der Waals surface area contributed by atoms with Gasteiger partial charge in [-0.2, -0.15) is 0 Å². The van der Waals surface area contributed by atoms with Gasteiger partial charge >= 0.3 is 0 Å². The summed E-state index contributed by atoms with van der Waals surface area (Å²) >= 11 is 0. The van der Waals surface area contributed by atoms with E-state index in [1.807, 2.05) is 0 Å². The second-order valence-electron chi connectivity index (χ2n) is 4.35. The molecule has 0 atom stereocenters. The summed E-state index contributed by atoms with van der Waals surface area (Å²) in [4.78, 5) is 1.37. The van der Waals surface area contributed by atoms with Crippen LogP contribution in [-0.2, 0) is 22.2 Å². The summed E-state index contributed by atoms with van der Waals surface area (Å²) < 4.78 is 105. The molecule has 0 amide bonds. The topological polar surface area (TPSA) is 65.2 Å². The lowest BCUT2D eigenvalue weighted by Crippen LogP contribution is -2.20. The number of fused-ring (bicyclic) bond motifs is 1. The Morgan fingerprint density at radius 1 is 1.50 bits per heavy atom. The third-order valence-corrected chi connectivity index (χ3v) is 3.84. The van der Waals surface area contributed by atoms with Crippen LogP contribution in [0.15, 0.2) is 24.4 Å². The third kappa shape index (κ3) is 3.59. The Balaban J connectivity index is 2.37. The molecule has 5 nitrogen and oxygen atoms in total. The van der Waals surface area contributed by atoms with Gasteiger partial charge in [0.05, 0.1) is 5.75 Å². The molecule has 2 aromatic rings. The largest absolute Gasteiger partial charge is 0.361 e. The van der Waals surface area contributed by atoms with Gasteiger partial charge in [-0.25, -0.2) is 13.1 Å². The molecule has 0 aliphatic carbocycles. The Labute approximate surface area is 135 Å². The molecule has 0 saturated heterocycles. The van der Waals surface area contributed by atoms with Crippen LogP contribution >= 0.6 is 0 Å². The number of benzene rings is 1. The molecule has 20 heavy (non-hydrogen) atoms. The molecule has 2 N–H and O–H groups in total. The van der Waals surface area contributed by atoms with Crippen LogP contribution in [0.2, 0.25) is 2.82 Å². The van der Waals surface area contributed by atoms with Crippen molar-refractivity contribution in [1.29, 1.82) is 0 Å². The number of aromatic amines is 1. The fourth-order valence-electron chi connectivity index (χ4n) is 1.93. The zero-order valence-corrected chi connectivity index (χ0v) is 11.3. The van der Waals surface area contributed by atoms with E-state index in [2.05, 4.69) is 0 Å². The van der Waals surface area contributed by atoms with Crippen molar-refractivity contribution in [2.24, 2.45) is 0 Å². The highest BCUT2D eigenvalue weighted by Crippen LogP contribution is 2.21. The predicted octanol–water partition coefficient (Wildman–Crippen LogP) is 1.32. The van der Waals surface area contributed by atoms with E-state index in [0.29, 0.717) is 21.4 Å². The molecule has 0 spiro atoms. The lowest BCUT2D eigenvalue weighted by molar-refractivity contribution is 0.414. The summed E-state index contributed by atoms with van der Waals surface area (Å²) in [5, 5.41) is 0.393. The van der Waals surface area contributed by atoms with Crippen LogP contribution in [0.25, 0.3) is 10.9 Å². The van der Waals surface area contributed by atoms with Gasteiger partial charge < -0.3 is 9.88 Å². The summed E-state index contributed by atoms with van der Waals surface area (Å²) in [7, 11) is -4.48. The van der Waals surface area contributed by atoms with Crippen LogP contribution in [0.5, 0.6) is 0 Å². The first-order chi connectivity index (χ1) is 13.8. The molecule has 0 aliphatic rings. The Bertz CT molecular complexity index is 1030. The molecule has 6 heteroatoms. The van der Waals surface area contributed by atoms with Crippen LogP contribution < -0.4 is 4.72 Å². The van der Waals surface area contributed by atoms with E-state index in [4.69, 9.17) is 15.2 Å². The fourth-order valence-corrected chi connectivity index (χ4v) is 2.60. The molecule has 0 aliphatic heterocycles. The van der Waals surface area contributed by atoms with Gasteiger partial charge in [-0.3, -0.25) is 0 Å². The number of H-pyrrole nitrogens is 1. The normalized spacial score (nSPS) is 22.6. The maximum atomic E-state index is 12.2. The fraction of sp³-hybridized carbons (Fsp3) is 0.429. The van der Waals surface area contributed by atoms with E-state index in [1.54, 1.807) is 0 Å². The minimum Gasteiger partial charge on any atom is -0.361 e. The quantitative estimate of drug-likeness (QED) is 0.846. The molecule has 1 heterocycles. The first-order valence-corrected chi connectivity index (χ1v) is 7.37. The summed E-state index contributed by atoms with van der Waals surface area (Å²) in [5.41, 5.74) is 0.940. The van der Waals surface area contributed by atoms with Crippen LogP contribution in [0.1, 0.15) is 23.5 Å². The first kappa shape index (κ1) is 6.17. The van der Waals surface area contributed by atoms with E-state index >= 15 is 0 Å². The number of sulfonamides is 1. The number of likely N-dealkylation sites (N-methyl/N-ethyl adjacent to an activating group) is 1. The van der Waals surface area contributed by atoms with Gasteiger partial charge in [-0.15, -0.1) is 0 Å². The molecule has 0 saturated carbocycles. The van der Waals surface area contributed by atoms with Crippen LogP contribution in [0.3, 0.4) is 0 Å². The SMILES string of the molecule is [2H]N(C([2H])([2H])[2H])S(=O)(=O)Cc1ccc2c(c1)c(CCN(C([2H])([2H])[2H])C([2H])([2H])[2H])cn2[2H]. The van der Waals surface area contributed by atoms with Gasteiger partial charge in [0.2, 0.25) is 10.0 Å². The maximum Gasteiger partial charge on any atom is 0.215 e. The molecule has 0 bridgehead atoms. The van der Waals surface area contributed by atoms with Gasteiger partial charge in [-0.05, 0) is 50.6 Å². The number of nitrogens with zero attached hydrogens (tertiary/aromatic N) is 1. The van der Waals surface area contributed by atoms with Crippen LogP contribution in [-0.4, -0.2) is 45.8 Å². The molecule has 1 aromatic heterocycles. The van der Waals surface area contributed by atoms with Crippen molar-refractivity contribution in [2.75, 3.05) is 27.5 Å². The van der Waals surface area contributed by atoms with Crippen molar-refractivity contribution >= 4 is 20.9 Å². The summed E-state index contributed by atoms with van der Waals surface area (Å²) in [5.74, 6) is -0.774. The Hall–Kier alpha value is -1.37. The van der Waals surface area contributed by atoms with E-state index in [9.17, 15) is 8.42 Å². The Kier molecular flexibility index (Phi) is 1.84. The predicted molar refractivity (Wildman–Crippen MR) is 82.2 cm³/mol. The van der Waals surface area contributed by atoms with E-state index in [-0.39, 0.29) is 18.5 Å². The van der Waals surface area contributed by atoms with Crippen molar-refractivity contribution < 1.29 is 23.6 Å². The molecule has 110 valence electrons. The zero-order valence-electron chi connectivity index (χ0n) is 21.5. The minimum atomic E-state index is -4.48. The molecule has 1 aromatic carbocycles. The average molecular weight is 306 g/mol. The van der Waals surface area contributed by atoms with Crippen LogP contribution in [0.4, 0.5) is 0 Å². The summed E-state index contributed by atoms with van der Waals surface area (Å²) in [6.07, 6.45) is 1.31. The van der Waals surface area contributed by atoms with E-state index in [0.717, 1.165) is 4.98 Å². The van der Waals surface area contributed by atoms with Gasteiger partial charge in [0.25, 0.3) is 0 Å². The van der Waals surface area contributed by atoms with Crippen molar-refractivity contribution in [3.63, 3.8) is 0 Å². The molecule has 2 rings (SSSR count). The maximum absolute atomic E-state index is 12.2. The second kappa shape index (κ2) is 5.95. The summed E-state index contributed by atoms with van der Waals surface area (Å²) in [6, 6.07) is 4.21. The molecular weight excluding hydrogens is 274 g/mol. The lowest BCUT2D eigenvalue weighted by Gasteiger charge is -2.08. The molecular formula is C14H21N3O2S. The number of nitrogens with one attached hydrogen (secondary N) is 2. The summed E-state index contributed by atoms with van der Waals surface area (Å²) in [6.45, 7) is -9.26. The minimum absolute atomic E-state index is 0.0464. The zero-order chi connectivity index (χ0) is 24.0. The number of hydrogen-bond donors (Lipinski definition) is 2. The van der Waals surface area contributed by atoms with Gasteiger partial charge in [0.15, 0.2) is 1.41 Å². The highest BCUT2D eigenvalue weighted by atomic mass is 32.2. The average Bonchev–Trinajstić information content (AvgIpc) is 2.86. The van der Waals surface area contributed by atoms with Gasteiger partial charge in [0, 0.05) is 36.0 Å². The number of rotatable bonds is 6. The third-order valence-electron chi connectivity index (χ3n) is 2.86. The monoisotopic (exact) mass is 306 g/mol.